The van der Waals surface area contributed by atoms with Crippen LogP contribution in [0.3, 0.4) is 0 Å². The SMILES string of the molecule is NN(C(=O)C(=O)Nc1cccc(O)c1)c1ccc(O)c(O)c1. The highest BCUT2D eigenvalue weighted by Gasteiger charge is 2.21. The fourth-order valence-electron chi connectivity index (χ4n) is 1.66. The van der Waals surface area contributed by atoms with Crippen LogP contribution in [-0.2, 0) is 9.59 Å². The Morgan fingerprint density at radius 2 is 1.73 bits per heavy atom. The van der Waals surface area contributed by atoms with Gasteiger partial charge in [-0.2, -0.15) is 0 Å². The molecule has 114 valence electrons. The number of rotatable bonds is 2. The molecule has 0 aromatic heterocycles. The first-order chi connectivity index (χ1) is 10.4. The van der Waals surface area contributed by atoms with Crippen LogP contribution in [0.15, 0.2) is 42.5 Å². The second-order valence-electron chi connectivity index (χ2n) is 4.35. The van der Waals surface area contributed by atoms with Gasteiger partial charge >= 0.3 is 11.8 Å². The normalized spacial score (nSPS) is 10.0. The number of hydrazine groups is 1. The van der Waals surface area contributed by atoms with Gasteiger partial charge in [0.1, 0.15) is 5.75 Å². The second kappa shape index (κ2) is 6.02. The van der Waals surface area contributed by atoms with Crippen molar-refractivity contribution in [1.82, 2.24) is 0 Å². The Morgan fingerprint density at radius 1 is 1.00 bits per heavy atom. The fraction of sp³-hybridized carbons (Fsp3) is 0. The number of hydrogen-bond acceptors (Lipinski definition) is 6. The molecule has 0 saturated carbocycles. The van der Waals surface area contributed by atoms with Gasteiger partial charge in [0.15, 0.2) is 11.5 Å². The number of nitrogens with zero attached hydrogens (tertiary/aromatic N) is 1. The van der Waals surface area contributed by atoms with Crippen molar-refractivity contribution in [3.8, 4) is 17.2 Å². The first-order valence-electron chi connectivity index (χ1n) is 6.09. The van der Waals surface area contributed by atoms with Crippen molar-refractivity contribution in [1.29, 1.82) is 0 Å². The van der Waals surface area contributed by atoms with Crippen LogP contribution in [0.5, 0.6) is 17.2 Å². The lowest BCUT2D eigenvalue weighted by Gasteiger charge is -2.16. The lowest BCUT2D eigenvalue weighted by Crippen LogP contribution is -2.44. The molecule has 2 aromatic rings. The second-order valence-corrected chi connectivity index (χ2v) is 4.35. The fourth-order valence-corrected chi connectivity index (χ4v) is 1.66. The Balaban J connectivity index is 2.12. The molecular formula is C14H13N3O5. The predicted octanol–water partition coefficient (Wildman–Crippen LogP) is 0.649. The smallest absolute Gasteiger partial charge is 0.330 e. The molecule has 2 aromatic carbocycles. The number of amides is 2. The van der Waals surface area contributed by atoms with E-state index in [0.29, 0.717) is 5.01 Å². The lowest BCUT2D eigenvalue weighted by molar-refractivity contribution is -0.134. The number of phenolic OH excluding ortho intramolecular Hbond substituents is 3. The Morgan fingerprint density at radius 3 is 2.36 bits per heavy atom. The van der Waals surface area contributed by atoms with Crippen LogP contribution in [0.2, 0.25) is 0 Å². The van der Waals surface area contributed by atoms with Crippen molar-refractivity contribution in [2.45, 2.75) is 0 Å². The number of nitrogens with one attached hydrogen (secondary N) is 1. The van der Waals surface area contributed by atoms with Crippen molar-refractivity contribution in [3.63, 3.8) is 0 Å². The van der Waals surface area contributed by atoms with Gasteiger partial charge in [-0.3, -0.25) is 9.59 Å². The third-order valence-electron chi connectivity index (χ3n) is 2.75. The molecular weight excluding hydrogens is 290 g/mol. The zero-order valence-electron chi connectivity index (χ0n) is 11.2. The average molecular weight is 303 g/mol. The standard InChI is InChI=1S/C14H13N3O5/c15-17(9-4-5-11(19)12(20)7-9)14(22)13(21)16-8-2-1-3-10(18)6-8/h1-7,18-20H,15H2,(H,16,21). The van der Waals surface area contributed by atoms with Gasteiger partial charge in [0, 0.05) is 17.8 Å². The first-order valence-corrected chi connectivity index (χ1v) is 6.09. The quantitative estimate of drug-likeness (QED) is 0.182. The third-order valence-corrected chi connectivity index (χ3v) is 2.75. The van der Waals surface area contributed by atoms with Gasteiger partial charge in [-0.25, -0.2) is 10.9 Å². The summed E-state index contributed by atoms with van der Waals surface area (Å²) in [6.07, 6.45) is 0. The van der Waals surface area contributed by atoms with Crippen LogP contribution in [0.1, 0.15) is 0 Å². The van der Waals surface area contributed by atoms with Crippen LogP contribution in [0.4, 0.5) is 11.4 Å². The van der Waals surface area contributed by atoms with Crippen molar-refractivity contribution in [2.24, 2.45) is 5.84 Å². The minimum absolute atomic E-state index is 0.0198. The zero-order chi connectivity index (χ0) is 16.3. The molecule has 0 aliphatic carbocycles. The molecule has 8 heteroatoms. The van der Waals surface area contributed by atoms with Crippen LogP contribution in [0.25, 0.3) is 0 Å². The maximum atomic E-state index is 11.9. The van der Waals surface area contributed by atoms with Gasteiger partial charge in [0.05, 0.1) is 5.69 Å². The largest absolute Gasteiger partial charge is 0.508 e. The van der Waals surface area contributed by atoms with Gasteiger partial charge in [-0.05, 0) is 24.3 Å². The van der Waals surface area contributed by atoms with E-state index in [1.807, 2.05) is 0 Å². The molecule has 0 saturated heterocycles. The van der Waals surface area contributed by atoms with E-state index in [9.17, 15) is 24.9 Å². The summed E-state index contributed by atoms with van der Waals surface area (Å²) >= 11 is 0. The number of benzene rings is 2. The highest BCUT2D eigenvalue weighted by Crippen LogP contribution is 2.28. The monoisotopic (exact) mass is 303 g/mol. The molecule has 0 spiro atoms. The third kappa shape index (κ3) is 3.25. The Labute approximate surface area is 125 Å². The van der Waals surface area contributed by atoms with Crippen LogP contribution < -0.4 is 16.2 Å². The molecule has 0 unspecified atom stereocenters. The van der Waals surface area contributed by atoms with Crippen molar-refractivity contribution >= 4 is 23.2 Å². The Bertz CT molecular complexity index is 732. The molecule has 0 heterocycles. The molecule has 6 N–H and O–H groups in total. The summed E-state index contributed by atoms with van der Waals surface area (Å²) in [5.41, 5.74) is 0.242. The van der Waals surface area contributed by atoms with Crippen molar-refractivity contribution in [3.05, 3.63) is 42.5 Å². The summed E-state index contributed by atoms with van der Waals surface area (Å²) in [7, 11) is 0. The highest BCUT2D eigenvalue weighted by molar-refractivity contribution is 6.44. The molecule has 2 amide bonds. The summed E-state index contributed by atoms with van der Waals surface area (Å²) in [4.78, 5) is 23.7. The molecule has 2 rings (SSSR count). The molecule has 0 atom stereocenters. The van der Waals surface area contributed by atoms with E-state index in [0.717, 1.165) is 12.1 Å². The van der Waals surface area contributed by atoms with E-state index in [2.05, 4.69) is 5.32 Å². The molecule has 0 aliphatic heterocycles. The van der Waals surface area contributed by atoms with Gasteiger partial charge in [-0.1, -0.05) is 6.07 Å². The van der Waals surface area contributed by atoms with Crippen molar-refractivity contribution < 1.29 is 24.9 Å². The minimum atomic E-state index is -1.09. The van der Waals surface area contributed by atoms with Crippen LogP contribution >= 0.6 is 0 Å². The van der Waals surface area contributed by atoms with E-state index in [1.54, 1.807) is 0 Å². The summed E-state index contributed by atoms with van der Waals surface area (Å²) < 4.78 is 0. The minimum Gasteiger partial charge on any atom is -0.508 e. The average Bonchev–Trinajstić information content (AvgIpc) is 2.48. The lowest BCUT2D eigenvalue weighted by atomic mass is 10.2. The molecule has 0 fully saturated rings. The number of anilines is 2. The Kier molecular flexibility index (Phi) is 4.14. The van der Waals surface area contributed by atoms with Crippen LogP contribution in [0, 0.1) is 0 Å². The number of aromatic hydroxyl groups is 3. The van der Waals surface area contributed by atoms with E-state index < -0.39 is 17.6 Å². The molecule has 0 aliphatic rings. The van der Waals surface area contributed by atoms with E-state index in [-0.39, 0.29) is 22.9 Å². The molecule has 0 bridgehead atoms. The summed E-state index contributed by atoms with van der Waals surface area (Å²) in [5, 5.41) is 30.6. The van der Waals surface area contributed by atoms with E-state index in [1.165, 1.54) is 30.3 Å². The number of hydrogen-bond donors (Lipinski definition) is 5. The summed E-state index contributed by atoms with van der Waals surface area (Å²) in [6.45, 7) is 0. The van der Waals surface area contributed by atoms with E-state index in [4.69, 9.17) is 5.84 Å². The van der Waals surface area contributed by atoms with Gasteiger partial charge in [0.25, 0.3) is 0 Å². The maximum absolute atomic E-state index is 11.9. The summed E-state index contributed by atoms with van der Waals surface area (Å²) in [6, 6.07) is 9.07. The Hall–Kier alpha value is -3.26. The van der Waals surface area contributed by atoms with Gasteiger partial charge < -0.3 is 20.6 Å². The maximum Gasteiger partial charge on any atom is 0.330 e. The molecule has 0 radical (unpaired) electrons. The number of carbonyl (C=O) groups is 2. The molecule has 8 nitrogen and oxygen atoms in total. The molecule has 22 heavy (non-hydrogen) atoms. The topological polar surface area (TPSA) is 136 Å². The number of phenols is 3. The summed E-state index contributed by atoms with van der Waals surface area (Å²) in [5.74, 6) is 2.48. The predicted molar refractivity (Wildman–Crippen MR) is 78.2 cm³/mol. The number of carbonyl (C=O) groups excluding carboxylic acids is 2. The van der Waals surface area contributed by atoms with Gasteiger partial charge in [-0.15, -0.1) is 0 Å². The zero-order valence-corrected chi connectivity index (χ0v) is 11.2. The number of nitrogens with two attached hydrogens (primary N) is 1. The first kappa shape index (κ1) is 15.1. The van der Waals surface area contributed by atoms with Crippen LogP contribution in [-0.4, -0.2) is 27.1 Å². The highest BCUT2D eigenvalue weighted by atomic mass is 16.3. The van der Waals surface area contributed by atoms with Gasteiger partial charge in [0.2, 0.25) is 0 Å². The van der Waals surface area contributed by atoms with E-state index >= 15 is 0 Å². The van der Waals surface area contributed by atoms with Crippen molar-refractivity contribution in [2.75, 3.05) is 10.3 Å².